The van der Waals surface area contributed by atoms with E-state index in [1.807, 2.05) is 13.0 Å². The molecule has 0 amide bonds. The summed E-state index contributed by atoms with van der Waals surface area (Å²) in [6.07, 6.45) is -0.256. The summed E-state index contributed by atoms with van der Waals surface area (Å²) in [4.78, 5) is 23.1. The maximum atomic E-state index is 11.9. The van der Waals surface area contributed by atoms with Gasteiger partial charge in [0.2, 0.25) is 0 Å². The summed E-state index contributed by atoms with van der Waals surface area (Å²) in [6, 6.07) is 5.27. The van der Waals surface area contributed by atoms with Gasteiger partial charge in [0.25, 0.3) is 0 Å². The lowest BCUT2D eigenvalue weighted by atomic mass is 10.0. The molecule has 0 aliphatic heterocycles. The largest absolute Gasteiger partial charge is 0.496 e. The van der Waals surface area contributed by atoms with Crippen LogP contribution in [-0.2, 0) is 9.53 Å². The van der Waals surface area contributed by atoms with Crippen LogP contribution in [0, 0.1) is 6.92 Å². The zero-order valence-corrected chi connectivity index (χ0v) is 10.3. The standard InChI is InChI=1S/C13H16O4/c1-4-17-13(15)8-11(14)10-7-9(2)5-6-12(10)16-3/h5-7H,4,8H2,1-3H3. The summed E-state index contributed by atoms with van der Waals surface area (Å²) < 4.78 is 9.83. The van der Waals surface area contributed by atoms with E-state index in [-0.39, 0.29) is 18.8 Å². The smallest absolute Gasteiger partial charge is 0.313 e. The van der Waals surface area contributed by atoms with Gasteiger partial charge >= 0.3 is 5.97 Å². The maximum absolute atomic E-state index is 11.9. The van der Waals surface area contributed by atoms with Crippen LogP contribution in [0.25, 0.3) is 0 Å². The third-order valence-electron chi connectivity index (χ3n) is 2.27. The molecule has 0 N–H and O–H groups in total. The monoisotopic (exact) mass is 236 g/mol. The lowest BCUT2D eigenvalue weighted by Gasteiger charge is -2.08. The van der Waals surface area contributed by atoms with Gasteiger partial charge in [-0.3, -0.25) is 9.59 Å². The molecule has 0 atom stereocenters. The van der Waals surface area contributed by atoms with Gasteiger partial charge < -0.3 is 9.47 Å². The van der Waals surface area contributed by atoms with Gasteiger partial charge in [0.05, 0.1) is 19.3 Å². The average Bonchev–Trinajstić information content (AvgIpc) is 2.29. The number of benzene rings is 1. The van der Waals surface area contributed by atoms with Crippen molar-refractivity contribution in [3.8, 4) is 5.75 Å². The third-order valence-corrected chi connectivity index (χ3v) is 2.27. The normalized spacial score (nSPS) is 9.82. The van der Waals surface area contributed by atoms with E-state index in [0.29, 0.717) is 11.3 Å². The fraction of sp³-hybridized carbons (Fsp3) is 0.385. The highest BCUT2D eigenvalue weighted by atomic mass is 16.5. The van der Waals surface area contributed by atoms with Crippen molar-refractivity contribution >= 4 is 11.8 Å². The number of Topliss-reactive ketones (excluding diaryl/α,β-unsaturated/α-hetero) is 1. The van der Waals surface area contributed by atoms with E-state index >= 15 is 0 Å². The van der Waals surface area contributed by atoms with Crippen molar-refractivity contribution in [1.82, 2.24) is 0 Å². The highest BCUT2D eigenvalue weighted by Crippen LogP contribution is 2.21. The Bertz CT molecular complexity index is 423. The van der Waals surface area contributed by atoms with E-state index in [9.17, 15) is 9.59 Å². The Labute approximate surface area is 101 Å². The number of carbonyl (C=O) groups excluding carboxylic acids is 2. The van der Waals surface area contributed by atoms with Crippen LogP contribution >= 0.6 is 0 Å². The second-order valence-corrected chi connectivity index (χ2v) is 3.61. The molecule has 4 heteroatoms. The Morgan fingerprint density at radius 1 is 1.29 bits per heavy atom. The highest BCUT2D eigenvalue weighted by molar-refractivity contribution is 6.07. The number of carbonyl (C=O) groups is 2. The first-order valence-electron chi connectivity index (χ1n) is 5.42. The molecule has 0 saturated carbocycles. The average molecular weight is 236 g/mol. The number of ether oxygens (including phenoxy) is 2. The van der Waals surface area contributed by atoms with Crippen molar-refractivity contribution in [1.29, 1.82) is 0 Å². The fourth-order valence-corrected chi connectivity index (χ4v) is 1.48. The molecule has 0 aliphatic rings. The van der Waals surface area contributed by atoms with Crippen LogP contribution in [0.1, 0.15) is 29.3 Å². The van der Waals surface area contributed by atoms with Crippen LogP contribution < -0.4 is 4.74 Å². The summed E-state index contributed by atoms with van der Waals surface area (Å²) >= 11 is 0. The van der Waals surface area contributed by atoms with Crippen LogP contribution in [0.5, 0.6) is 5.75 Å². The lowest BCUT2D eigenvalue weighted by molar-refractivity contribution is -0.141. The van der Waals surface area contributed by atoms with E-state index in [1.165, 1.54) is 7.11 Å². The van der Waals surface area contributed by atoms with Crippen LogP contribution in [0.15, 0.2) is 18.2 Å². The third kappa shape index (κ3) is 3.59. The minimum Gasteiger partial charge on any atom is -0.496 e. The predicted octanol–water partition coefficient (Wildman–Crippen LogP) is 2.14. The van der Waals surface area contributed by atoms with E-state index in [4.69, 9.17) is 9.47 Å². The molecule has 0 aromatic heterocycles. The summed E-state index contributed by atoms with van der Waals surface area (Å²) in [5.74, 6) is -0.324. The highest BCUT2D eigenvalue weighted by Gasteiger charge is 2.16. The second kappa shape index (κ2) is 6.03. The van der Waals surface area contributed by atoms with Gasteiger partial charge in [0, 0.05) is 0 Å². The Morgan fingerprint density at radius 3 is 2.59 bits per heavy atom. The molecular formula is C13H16O4. The number of ketones is 1. The zero-order valence-electron chi connectivity index (χ0n) is 10.3. The Balaban J connectivity index is 2.87. The molecule has 0 radical (unpaired) electrons. The topological polar surface area (TPSA) is 52.6 Å². The number of esters is 1. The Hall–Kier alpha value is -1.84. The van der Waals surface area contributed by atoms with Gasteiger partial charge in [0.1, 0.15) is 12.2 Å². The number of methoxy groups -OCH3 is 1. The summed E-state index contributed by atoms with van der Waals surface area (Å²) in [5.41, 5.74) is 1.36. The minimum atomic E-state index is -0.513. The molecule has 1 aromatic carbocycles. The van der Waals surface area contributed by atoms with Crippen LogP contribution in [0.3, 0.4) is 0 Å². The van der Waals surface area contributed by atoms with Crippen molar-refractivity contribution < 1.29 is 19.1 Å². The maximum Gasteiger partial charge on any atom is 0.313 e. The number of aryl methyl sites for hydroxylation is 1. The van der Waals surface area contributed by atoms with Gasteiger partial charge in [-0.25, -0.2) is 0 Å². The van der Waals surface area contributed by atoms with E-state index in [1.54, 1.807) is 19.1 Å². The Morgan fingerprint density at radius 2 is 2.00 bits per heavy atom. The first-order chi connectivity index (χ1) is 8.08. The quantitative estimate of drug-likeness (QED) is 0.446. The molecular weight excluding hydrogens is 220 g/mol. The van der Waals surface area contributed by atoms with Crippen molar-refractivity contribution in [2.75, 3.05) is 13.7 Å². The van der Waals surface area contributed by atoms with Crippen molar-refractivity contribution in [3.05, 3.63) is 29.3 Å². The zero-order chi connectivity index (χ0) is 12.8. The second-order valence-electron chi connectivity index (χ2n) is 3.61. The first kappa shape index (κ1) is 13.2. The molecule has 1 aromatic rings. The molecule has 0 spiro atoms. The number of rotatable bonds is 5. The molecule has 1 rings (SSSR count). The van der Waals surface area contributed by atoms with Crippen molar-refractivity contribution in [2.24, 2.45) is 0 Å². The van der Waals surface area contributed by atoms with Crippen LogP contribution in [0.2, 0.25) is 0 Å². The SMILES string of the molecule is CCOC(=O)CC(=O)c1cc(C)ccc1OC. The summed E-state index contributed by atoms with van der Waals surface area (Å²) in [5, 5.41) is 0. The molecule has 0 fully saturated rings. The van der Waals surface area contributed by atoms with Gasteiger partial charge in [0.15, 0.2) is 5.78 Å². The van der Waals surface area contributed by atoms with E-state index in [0.717, 1.165) is 5.56 Å². The van der Waals surface area contributed by atoms with Crippen LogP contribution in [0.4, 0.5) is 0 Å². The molecule has 0 bridgehead atoms. The molecule has 0 unspecified atom stereocenters. The molecule has 17 heavy (non-hydrogen) atoms. The summed E-state index contributed by atoms with van der Waals surface area (Å²) in [7, 11) is 1.49. The molecule has 0 heterocycles. The minimum absolute atomic E-state index is 0.256. The molecule has 92 valence electrons. The van der Waals surface area contributed by atoms with Crippen molar-refractivity contribution in [3.63, 3.8) is 0 Å². The van der Waals surface area contributed by atoms with Gasteiger partial charge in [-0.15, -0.1) is 0 Å². The Kier molecular flexibility index (Phi) is 4.69. The van der Waals surface area contributed by atoms with E-state index in [2.05, 4.69) is 0 Å². The summed E-state index contributed by atoms with van der Waals surface area (Å²) in [6.45, 7) is 3.85. The predicted molar refractivity (Wildman–Crippen MR) is 63.3 cm³/mol. The van der Waals surface area contributed by atoms with Crippen molar-refractivity contribution in [2.45, 2.75) is 20.3 Å². The first-order valence-corrected chi connectivity index (χ1v) is 5.42. The number of hydrogen-bond donors (Lipinski definition) is 0. The molecule has 0 saturated heterocycles. The number of hydrogen-bond acceptors (Lipinski definition) is 4. The van der Waals surface area contributed by atoms with Crippen LogP contribution in [-0.4, -0.2) is 25.5 Å². The van der Waals surface area contributed by atoms with Gasteiger partial charge in [-0.2, -0.15) is 0 Å². The lowest BCUT2D eigenvalue weighted by Crippen LogP contribution is -2.12. The molecule has 4 nitrogen and oxygen atoms in total. The fourth-order valence-electron chi connectivity index (χ4n) is 1.48. The van der Waals surface area contributed by atoms with Gasteiger partial charge in [-0.1, -0.05) is 11.6 Å². The molecule has 0 aliphatic carbocycles. The van der Waals surface area contributed by atoms with E-state index < -0.39 is 5.97 Å². The van der Waals surface area contributed by atoms with Gasteiger partial charge in [-0.05, 0) is 26.0 Å².